The molecule has 0 aromatic carbocycles. The van der Waals surface area contributed by atoms with E-state index in [0.717, 1.165) is 10.6 Å². The molecule has 0 bridgehead atoms. The van der Waals surface area contributed by atoms with E-state index < -0.39 is 47.6 Å². The van der Waals surface area contributed by atoms with Gasteiger partial charge in [-0.1, -0.05) is 17.5 Å². The van der Waals surface area contributed by atoms with Crippen LogP contribution in [0.2, 0.25) is 0 Å². The molecule has 0 saturated carbocycles. The highest BCUT2D eigenvalue weighted by atomic mass is 35.5. The SMILES string of the molecule is C#CC1(Cl)C(CO)[C@@H](CO)O[C@H]1n1ccc(=O)[nH]c1=O. The van der Waals surface area contributed by atoms with Gasteiger partial charge < -0.3 is 14.9 Å². The maximum absolute atomic E-state index is 11.8. The Hall–Kier alpha value is -1.59. The van der Waals surface area contributed by atoms with Crippen molar-refractivity contribution in [1.29, 1.82) is 0 Å². The van der Waals surface area contributed by atoms with Crippen LogP contribution in [-0.4, -0.2) is 44.0 Å². The first-order valence-electron chi connectivity index (χ1n) is 5.83. The van der Waals surface area contributed by atoms with E-state index in [0.29, 0.717) is 0 Å². The highest BCUT2D eigenvalue weighted by Crippen LogP contribution is 2.46. The molecule has 1 aromatic heterocycles. The molecule has 1 aliphatic heterocycles. The number of nitrogens with zero attached hydrogens (tertiary/aromatic N) is 1. The Morgan fingerprint density at radius 1 is 1.50 bits per heavy atom. The summed E-state index contributed by atoms with van der Waals surface area (Å²) in [6.45, 7) is -0.816. The lowest BCUT2D eigenvalue weighted by atomic mass is 9.89. The Morgan fingerprint density at radius 3 is 2.70 bits per heavy atom. The number of aromatic nitrogens is 2. The number of terminal acetylenes is 1. The number of aliphatic hydroxyl groups is 2. The summed E-state index contributed by atoms with van der Waals surface area (Å²) >= 11 is 6.32. The number of H-pyrrole nitrogens is 1. The van der Waals surface area contributed by atoms with E-state index in [2.05, 4.69) is 10.9 Å². The van der Waals surface area contributed by atoms with Gasteiger partial charge in [-0.15, -0.1) is 6.42 Å². The molecule has 1 aliphatic rings. The molecule has 4 atom stereocenters. The van der Waals surface area contributed by atoms with Gasteiger partial charge in [0.15, 0.2) is 11.1 Å². The van der Waals surface area contributed by atoms with Gasteiger partial charge >= 0.3 is 5.69 Å². The predicted molar refractivity (Wildman–Crippen MR) is 70.3 cm³/mol. The third kappa shape index (κ3) is 2.17. The second-order valence-corrected chi connectivity index (χ2v) is 5.05. The second-order valence-electron chi connectivity index (χ2n) is 4.43. The lowest BCUT2D eigenvalue weighted by Crippen LogP contribution is -2.42. The van der Waals surface area contributed by atoms with Crippen molar-refractivity contribution in [3.63, 3.8) is 0 Å². The van der Waals surface area contributed by atoms with Crippen molar-refractivity contribution < 1.29 is 14.9 Å². The summed E-state index contributed by atoms with van der Waals surface area (Å²) in [4.78, 5) is 23.4. The second kappa shape index (κ2) is 5.42. The van der Waals surface area contributed by atoms with Crippen molar-refractivity contribution in [2.45, 2.75) is 17.2 Å². The van der Waals surface area contributed by atoms with E-state index in [4.69, 9.17) is 22.8 Å². The van der Waals surface area contributed by atoms with Gasteiger partial charge in [-0.3, -0.25) is 14.3 Å². The molecule has 0 radical (unpaired) electrons. The maximum Gasteiger partial charge on any atom is 0.330 e. The molecular weight excluding hydrogens is 288 g/mol. The summed E-state index contributed by atoms with van der Waals surface area (Å²) in [7, 11) is 0. The van der Waals surface area contributed by atoms with Crippen molar-refractivity contribution in [2.75, 3.05) is 13.2 Å². The molecule has 3 N–H and O–H groups in total. The zero-order valence-electron chi connectivity index (χ0n) is 10.3. The molecule has 7 nitrogen and oxygen atoms in total. The van der Waals surface area contributed by atoms with Crippen molar-refractivity contribution in [2.24, 2.45) is 5.92 Å². The van der Waals surface area contributed by atoms with E-state index in [9.17, 15) is 19.8 Å². The van der Waals surface area contributed by atoms with Gasteiger partial charge in [0.25, 0.3) is 5.56 Å². The normalized spacial score (nSPS) is 33.0. The first-order chi connectivity index (χ1) is 9.47. The molecule has 0 spiro atoms. The number of alkyl halides is 1. The first kappa shape index (κ1) is 14.8. The molecular formula is C12H13ClN2O5. The Labute approximate surface area is 118 Å². The van der Waals surface area contributed by atoms with Crippen LogP contribution in [0.1, 0.15) is 6.23 Å². The Balaban J connectivity index is 2.53. The molecule has 8 heteroatoms. The van der Waals surface area contributed by atoms with Crippen LogP contribution in [0, 0.1) is 18.3 Å². The fourth-order valence-corrected chi connectivity index (χ4v) is 2.66. The van der Waals surface area contributed by atoms with Gasteiger partial charge in [0.2, 0.25) is 0 Å². The van der Waals surface area contributed by atoms with Gasteiger partial charge in [0.1, 0.15) is 0 Å². The number of hydrogen-bond donors (Lipinski definition) is 3. The zero-order valence-corrected chi connectivity index (χ0v) is 11.1. The van der Waals surface area contributed by atoms with Gasteiger partial charge in [-0.25, -0.2) is 4.79 Å². The Morgan fingerprint density at radius 2 is 2.20 bits per heavy atom. The van der Waals surface area contributed by atoms with E-state index in [1.165, 1.54) is 6.20 Å². The molecule has 2 rings (SSSR count). The fourth-order valence-electron chi connectivity index (χ4n) is 2.29. The topological polar surface area (TPSA) is 105 Å². The Bertz CT molecular complexity index is 648. The van der Waals surface area contributed by atoms with Crippen LogP contribution in [0.15, 0.2) is 21.9 Å². The minimum atomic E-state index is -1.51. The first-order valence-corrected chi connectivity index (χ1v) is 6.21. The molecule has 1 saturated heterocycles. The van der Waals surface area contributed by atoms with Crippen LogP contribution in [0.4, 0.5) is 0 Å². The third-order valence-corrected chi connectivity index (χ3v) is 3.93. The smallest absolute Gasteiger partial charge is 0.330 e. The number of ether oxygens (including phenoxy) is 1. The molecule has 0 amide bonds. The van der Waals surface area contributed by atoms with Gasteiger partial charge in [-0.05, 0) is 0 Å². The van der Waals surface area contributed by atoms with Crippen LogP contribution in [0.3, 0.4) is 0 Å². The van der Waals surface area contributed by atoms with Crippen LogP contribution in [0.5, 0.6) is 0 Å². The lowest BCUT2D eigenvalue weighted by Gasteiger charge is -2.27. The summed E-state index contributed by atoms with van der Waals surface area (Å²) in [6, 6.07) is 1.12. The average molecular weight is 301 g/mol. The van der Waals surface area contributed by atoms with E-state index in [1.807, 2.05) is 0 Å². The summed E-state index contributed by atoms with van der Waals surface area (Å²) in [6.07, 6.45) is 4.71. The number of aliphatic hydroxyl groups excluding tert-OH is 2. The highest BCUT2D eigenvalue weighted by molar-refractivity contribution is 6.26. The van der Waals surface area contributed by atoms with Gasteiger partial charge in [-0.2, -0.15) is 0 Å². The molecule has 2 unspecified atom stereocenters. The number of rotatable bonds is 3. The zero-order chi connectivity index (χ0) is 14.9. The van der Waals surface area contributed by atoms with Crippen molar-refractivity contribution in [3.8, 4) is 12.3 Å². The predicted octanol–water partition coefficient (Wildman–Crippen LogP) is -1.35. The van der Waals surface area contributed by atoms with Gasteiger partial charge in [0, 0.05) is 18.2 Å². The minimum absolute atomic E-state index is 0.407. The van der Waals surface area contributed by atoms with Crippen LogP contribution >= 0.6 is 11.6 Å². The molecule has 2 heterocycles. The summed E-state index contributed by atoms with van der Waals surface area (Å²) < 4.78 is 6.52. The van der Waals surface area contributed by atoms with E-state index in [1.54, 1.807) is 0 Å². The fraction of sp³-hybridized carbons (Fsp3) is 0.500. The molecule has 0 aliphatic carbocycles. The molecule has 108 valence electrons. The number of hydrogen-bond acceptors (Lipinski definition) is 5. The van der Waals surface area contributed by atoms with Crippen molar-refractivity contribution in [1.82, 2.24) is 9.55 Å². The monoisotopic (exact) mass is 300 g/mol. The van der Waals surface area contributed by atoms with Gasteiger partial charge in [0.05, 0.1) is 19.3 Å². The highest BCUT2D eigenvalue weighted by Gasteiger charge is 2.55. The maximum atomic E-state index is 11.8. The quantitative estimate of drug-likeness (QED) is 0.473. The summed E-state index contributed by atoms with van der Waals surface area (Å²) in [5, 5.41) is 18.7. The molecule has 1 fully saturated rings. The average Bonchev–Trinajstić information content (AvgIpc) is 2.72. The third-order valence-electron chi connectivity index (χ3n) is 3.35. The van der Waals surface area contributed by atoms with Crippen LogP contribution < -0.4 is 11.2 Å². The molecule has 20 heavy (non-hydrogen) atoms. The van der Waals surface area contributed by atoms with E-state index >= 15 is 0 Å². The van der Waals surface area contributed by atoms with Crippen LogP contribution in [0.25, 0.3) is 0 Å². The standard InChI is InChI=1S/C12H13ClN2O5/c1-2-12(13)7(5-16)8(6-17)20-10(12)15-4-3-9(18)14-11(15)19/h1,3-4,7-8,10,16-17H,5-6H2,(H,14,18,19)/t7?,8-,10-,12?/m1/s1. The van der Waals surface area contributed by atoms with Crippen LogP contribution in [-0.2, 0) is 4.74 Å². The largest absolute Gasteiger partial charge is 0.396 e. The number of halogens is 1. The minimum Gasteiger partial charge on any atom is -0.396 e. The van der Waals surface area contributed by atoms with E-state index in [-0.39, 0.29) is 0 Å². The lowest BCUT2D eigenvalue weighted by molar-refractivity contribution is -0.0380. The summed E-state index contributed by atoms with van der Waals surface area (Å²) in [5.74, 6) is 1.57. The van der Waals surface area contributed by atoms with Crippen molar-refractivity contribution >= 4 is 11.6 Å². The summed E-state index contributed by atoms with van der Waals surface area (Å²) in [5.41, 5.74) is -1.31. The number of nitrogens with one attached hydrogen (secondary N) is 1. The Kier molecular flexibility index (Phi) is 4.01. The number of aromatic amines is 1. The molecule has 1 aromatic rings. The van der Waals surface area contributed by atoms with Crippen molar-refractivity contribution in [3.05, 3.63) is 33.1 Å².